The van der Waals surface area contributed by atoms with Gasteiger partial charge in [0.1, 0.15) is 17.4 Å². The number of aromatic hydroxyl groups is 1. The lowest BCUT2D eigenvalue weighted by Gasteiger charge is -2.15. The molecule has 2 amide bonds. The maximum absolute atomic E-state index is 12.8. The molecule has 37 heavy (non-hydrogen) atoms. The van der Waals surface area contributed by atoms with Crippen LogP contribution < -0.4 is 16.4 Å². The summed E-state index contributed by atoms with van der Waals surface area (Å²) < 4.78 is 0. The van der Waals surface area contributed by atoms with Gasteiger partial charge in [-0.1, -0.05) is 23.7 Å². The van der Waals surface area contributed by atoms with Crippen molar-refractivity contribution in [3.8, 4) is 34.2 Å². The highest BCUT2D eigenvalue weighted by atomic mass is 35.5. The summed E-state index contributed by atoms with van der Waals surface area (Å²) in [6, 6.07) is 14.9. The zero-order chi connectivity index (χ0) is 26.5. The predicted molar refractivity (Wildman–Crippen MR) is 143 cm³/mol. The molecule has 0 aliphatic heterocycles. The number of phenols is 1. The molecule has 5 N–H and O–H groups in total. The number of amides is 2. The second-order valence-corrected chi connectivity index (χ2v) is 9.48. The summed E-state index contributed by atoms with van der Waals surface area (Å²) in [5.74, 6) is -0.898. The van der Waals surface area contributed by atoms with Crippen LogP contribution in [-0.2, 0) is 4.79 Å². The summed E-state index contributed by atoms with van der Waals surface area (Å²) >= 11 is 7.14. The Morgan fingerprint density at radius 2 is 2.00 bits per heavy atom. The van der Waals surface area contributed by atoms with Gasteiger partial charge in [-0.05, 0) is 48.9 Å². The number of anilines is 2. The maximum atomic E-state index is 12.8. The lowest BCUT2D eigenvalue weighted by molar-refractivity contribution is -0.116. The Morgan fingerprint density at radius 1 is 1.19 bits per heavy atom. The fourth-order valence-corrected chi connectivity index (χ4v) is 4.30. The number of carbonyl (C=O) groups is 2. The number of nitrogens with zero attached hydrogens (tertiary/aromatic N) is 3. The number of aromatic nitrogens is 2. The van der Waals surface area contributed by atoms with E-state index in [-0.39, 0.29) is 40.5 Å². The topological polar surface area (TPSA) is 154 Å². The first-order chi connectivity index (χ1) is 17.7. The molecule has 11 heteroatoms. The molecule has 1 atom stereocenters. The molecule has 0 saturated carbocycles. The number of nitrogens with two attached hydrogens (primary N) is 1. The van der Waals surface area contributed by atoms with Gasteiger partial charge in [-0.15, -0.1) is 11.3 Å². The summed E-state index contributed by atoms with van der Waals surface area (Å²) in [5.41, 5.74) is 7.98. The third-order valence-electron chi connectivity index (χ3n) is 5.19. The van der Waals surface area contributed by atoms with Gasteiger partial charge in [-0.2, -0.15) is 5.26 Å². The standard InChI is InChI=1S/C26H21ClN6O3S/c1-14(29)9-23(35)31-17-4-2-3-15(10-17)19-12-21(18-6-5-16(27)11-22(18)34)32-24(20(19)13-28)33-25(36)26-30-7-8-37-26/h2-8,10-12,14,34H,9,29H2,1H3,(H,31,35)(H,32,33,36)/t14-/m1/s1. The highest BCUT2D eigenvalue weighted by Crippen LogP contribution is 2.37. The van der Waals surface area contributed by atoms with Gasteiger partial charge in [0.25, 0.3) is 5.91 Å². The highest BCUT2D eigenvalue weighted by Gasteiger charge is 2.20. The summed E-state index contributed by atoms with van der Waals surface area (Å²) in [5, 5.41) is 28.3. The lowest BCUT2D eigenvalue weighted by atomic mass is 9.97. The second-order valence-electron chi connectivity index (χ2n) is 8.15. The molecule has 186 valence electrons. The monoisotopic (exact) mass is 532 g/mol. The van der Waals surface area contributed by atoms with Crippen LogP contribution in [0.5, 0.6) is 5.75 Å². The molecule has 4 aromatic rings. The van der Waals surface area contributed by atoms with Gasteiger partial charge in [-0.25, -0.2) is 9.97 Å². The summed E-state index contributed by atoms with van der Waals surface area (Å²) in [4.78, 5) is 33.5. The first-order valence-electron chi connectivity index (χ1n) is 11.1. The van der Waals surface area contributed by atoms with Crippen LogP contribution >= 0.6 is 22.9 Å². The van der Waals surface area contributed by atoms with E-state index in [1.165, 1.54) is 12.3 Å². The Morgan fingerprint density at radius 3 is 2.68 bits per heavy atom. The molecule has 4 rings (SSSR count). The Bertz CT molecular complexity index is 1520. The number of nitrogens with one attached hydrogen (secondary N) is 2. The first kappa shape index (κ1) is 25.8. The van der Waals surface area contributed by atoms with Crippen LogP contribution in [0, 0.1) is 11.3 Å². The Kier molecular flexibility index (Phi) is 7.79. The zero-order valence-electron chi connectivity index (χ0n) is 19.5. The van der Waals surface area contributed by atoms with Gasteiger partial charge in [-0.3, -0.25) is 9.59 Å². The number of nitriles is 1. The van der Waals surface area contributed by atoms with Crippen molar-refractivity contribution < 1.29 is 14.7 Å². The second kappa shape index (κ2) is 11.2. The molecule has 0 saturated heterocycles. The molecule has 0 bridgehead atoms. The molecule has 0 radical (unpaired) electrons. The molecule has 0 fully saturated rings. The summed E-state index contributed by atoms with van der Waals surface area (Å²) in [7, 11) is 0. The normalized spacial score (nSPS) is 11.4. The van der Waals surface area contributed by atoms with Crippen LogP contribution in [0.1, 0.15) is 28.7 Å². The van der Waals surface area contributed by atoms with E-state index in [9.17, 15) is 20.0 Å². The van der Waals surface area contributed by atoms with Crippen LogP contribution in [0.4, 0.5) is 11.5 Å². The number of halogens is 1. The minimum absolute atomic E-state index is 0.00375. The predicted octanol–water partition coefficient (Wildman–Crippen LogP) is 5.03. The van der Waals surface area contributed by atoms with Crippen molar-refractivity contribution in [2.45, 2.75) is 19.4 Å². The van der Waals surface area contributed by atoms with Crippen LogP contribution in [0.15, 0.2) is 60.1 Å². The van der Waals surface area contributed by atoms with Crippen molar-refractivity contribution in [2.24, 2.45) is 5.73 Å². The van der Waals surface area contributed by atoms with E-state index in [4.69, 9.17) is 17.3 Å². The zero-order valence-corrected chi connectivity index (χ0v) is 21.1. The average Bonchev–Trinajstić information content (AvgIpc) is 3.38. The molecule has 0 spiro atoms. The van der Waals surface area contributed by atoms with Crippen LogP contribution in [0.3, 0.4) is 0 Å². The van der Waals surface area contributed by atoms with Crippen molar-refractivity contribution >= 4 is 46.3 Å². The van der Waals surface area contributed by atoms with E-state index in [2.05, 4.69) is 26.7 Å². The number of thiazole rings is 1. The molecule has 0 aliphatic carbocycles. The van der Waals surface area contributed by atoms with Gasteiger partial charge in [0.15, 0.2) is 10.8 Å². The molecule has 9 nitrogen and oxygen atoms in total. The van der Waals surface area contributed by atoms with Crippen molar-refractivity contribution in [1.29, 1.82) is 5.26 Å². The average molecular weight is 533 g/mol. The van der Waals surface area contributed by atoms with Crippen molar-refractivity contribution in [1.82, 2.24) is 9.97 Å². The number of hydrogen-bond acceptors (Lipinski definition) is 8. The van der Waals surface area contributed by atoms with Gasteiger partial charge >= 0.3 is 0 Å². The fraction of sp³-hybridized carbons (Fsp3) is 0.115. The molecule has 2 aromatic carbocycles. The first-order valence-corrected chi connectivity index (χ1v) is 12.3. The van der Waals surface area contributed by atoms with Gasteiger partial charge in [0, 0.05) is 45.9 Å². The number of rotatable bonds is 7. The largest absolute Gasteiger partial charge is 0.507 e. The maximum Gasteiger partial charge on any atom is 0.285 e. The number of carbonyl (C=O) groups excluding carboxylic acids is 2. The van der Waals surface area contributed by atoms with Crippen molar-refractivity contribution in [3.63, 3.8) is 0 Å². The molecule has 2 aromatic heterocycles. The van der Waals surface area contributed by atoms with Crippen molar-refractivity contribution in [3.05, 3.63) is 75.7 Å². The van der Waals surface area contributed by atoms with Crippen LogP contribution in [0.2, 0.25) is 5.02 Å². The molecule has 2 heterocycles. The lowest BCUT2D eigenvalue weighted by Crippen LogP contribution is -2.23. The third kappa shape index (κ3) is 6.10. The van der Waals surface area contributed by atoms with Crippen molar-refractivity contribution in [2.75, 3.05) is 10.6 Å². The van der Waals surface area contributed by atoms with Gasteiger partial charge < -0.3 is 21.5 Å². The Labute approximate surface area is 221 Å². The fourth-order valence-electron chi connectivity index (χ4n) is 3.60. The summed E-state index contributed by atoms with van der Waals surface area (Å²) in [6.45, 7) is 1.74. The number of phenolic OH excluding ortho intramolecular Hbond substituents is 1. The SMILES string of the molecule is C[C@@H](N)CC(=O)Nc1cccc(-c2cc(-c3ccc(Cl)cc3O)nc(NC(=O)c3nccs3)c2C#N)c1. The Hall–Kier alpha value is -4.30. The van der Waals surface area contributed by atoms with Crippen LogP contribution in [-0.4, -0.2) is 32.9 Å². The van der Waals surface area contributed by atoms with E-state index in [1.54, 1.807) is 54.8 Å². The third-order valence-corrected chi connectivity index (χ3v) is 6.20. The number of hydrogen-bond donors (Lipinski definition) is 4. The van der Waals surface area contributed by atoms with Gasteiger partial charge in [0.2, 0.25) is 5.91 Å². The van der Waals surface area contributed by atoms with Gasteiger partial charge in [0.05, 0.1) is 5.69 Å². The minimum atomic E-state index is -0.528. The summed E-state index contributed by atoms with van der Waals surface area (Å²) in [6.07, 6.45) is 1.65. The minimum Gasteiger partial charge on any atom is -0.507 e. The quantitative estimate of drug-likeness (QED) is 0.260. The smallest absolute Gasteiger partial charge is 0.285 e. The molecule has 0 aliphatic rings. The van der Waals surface area contributed by atoms with E-state index >= 15 is 0 Å². The van der Waals surface area contributed by atoms with Crippen LogP contribution in [0.25, 0.3) is 22.4 Å². The van der Waals surface area contributed by atoms with E-state index in [1.807, 2.05) is 0 Å². The molecule has 0 unspecified atom stereocenters. The van der Waals surface area contributed by atoms with E-state index < -0.39 is 5.91 Å². The Balaban J connectivity index is 1.84. The van der Waals surface area contributed by atoms with E-state index in [0.29, 0.717) is 33.1 Å². The highest BCUT2D eigenvalue weighted by molar-refractivity contribution is 7.11. The number of pyridine rings is 1. The molecular formula is C26H21ClN6O3S. The number of benzene rings is 2. The molecular weight excluding hydrogens is 512 g/mol. The van der Waals surface area contributed by atoms with E-state index in [0.717, 1.165) is 11.3 Å².